The van der Waals surface area contributed by atoms with Gasteiger partial charge in [0.25, 0.3) is 5.91 Å². The third-order valence-electron chi connectivity index (χ3n) is 4.29. The Morgan fingerprint density at radius 1 is 1.23 bits per heavy atom. The van der Waals surface area contributed by atoms with Crippen LogP contribution in [0.3, 0.4) is 0 Å². The summed E-state index contributed by atoms with van der Waals surface area (Å²) in [6, 6.07) is 4.20. The second-order valence-corrected chi connectivity index (χ2v) is 6.99. The number of ether oxygens (including phenoxy) is 2. The van der Waals surface area contributed by atoms with E-state index in [4.69, 9.17) is 9.47 Å². The van der Waals surface area contributed by atoms with E-state index in [9.17, 15) is 14.4 Å². The number of esters is 1. The van der Waals surface area contributed by atoms with Gasteiger partial charge in [0.05, 0.1) is 12.3 Å². The Morgan fingerprint density at radius 3 is 2.54 bits per heavy atom. The number of hydrogen-bond donors (Lipinski definition) is 0. The predicted octanol–water partition coefficient (Wildman–Crippen LogP) is 3.52. The summed E-state index contributed by atoms with van der Waals surface area (Å²) in [7, 11) is 0. The molecule has 1 aliphatic heterocycles. The maximum atomic E-state index is 12.9. The number of carbonyl (C=O) groups excluding carboxylic acids is 3. The quantitative estimate of drug-likeness (QED) is 0.549. The summed E-state index contributed by atoms with van der Waals surface area (Å²) in [5, 5.41) is 0. The SMILES string of the molecule is CCCOC(=O)C(C)N1C(=O)C(C)(C)Oc2ccc(C(=O)CCC)cc21. The van der Waals surface area contributed by atoms with Crippen molar-refractivity contribution in [2.75, 3.05) is 11.5 Å². The minimum Gasteiger partial charge on any atom is -0.476 e. The summed E-state index contributed by atoms with van der Waals surface area (Å²) in [4.78, 5) is 39.0. The summed E-state index contributed by atoms with van der Waals surface area (Å²) in [5.74, 6) is -0.355. The van der Waals surface area contributed by atoms with Crippen LogP contribution < -0.4 is 9.64 Å². The molecule has 26 heavy (non-hydrogen) atoms. The van der Waals surface area contributed by atoms with Gasteiger partial charge in [0.1, 0.15) is 11.8 Å². The lowest BCUT2D eigenvalue weighted by molar-refractivity contribution is -0.147. The fraction of sp³-hybridized carbons (Fsp3) is 0.550. The molecule has 1 atom stereocenters. The van der Waals surface area contributed by atoms with Crippen molar-refractivity contribution in [3.05, 3.63) is 23.8 Å². The van der Waals surface area contributed by atoms with Gasteiger partial charge in [-0.15, -0.1) is 0 Å². The molecule has 0 spiro atoms. The molecule has 1 aliphatic rings. The van der Waals surface area contributed by atoms with E-state index < -0.39 is 17.6 Å². The monoisotopic (exact) mass is 361 g/mol. The summed E-state index contributed by atoms with van der Waals surface area (Å²) in [5.41, 5.74) is -0.181. The third kappa shape index (κ3) is 3.89. The van der Waals surface area contributed by atoms with Crippen molar-refractivity contribution in [1.82, 2.24) is 0 Å². The average Bonchev–Trinajstić information content (AvgIpc) is 2.59. The molecule has 1 aromatic rings. The molecule has 6 nitrogen and oxygen atoms in total. The number of Topliss-reactive ketones (excluding diaryl/α,β-unsaturated/α-hetero) is 1. The number of hydrogen-bond acceptors (Lipinski definition) is 5. The van der Waals surface area contributed by atoms with Crippen LogP contribution in [-0.2, 0) is 14.3 Å². The highest BCUT2D eigenvalue weighted by molar-refractivity contribution is 6.07. The first kappa shape index (κ1) is 19.9. The van der Waals surface area contributed by atoms with E-state index in [2.05, 4.69) is 0 Å². The molecule has 0 saturated carbocycles. The number of rotatable bonds is 7. The lowest BCUT2D eigenvalue weighted by Gasteiger charge is -2.40. The topological polar surface area (TPSA) is 72.9 Å². The molecule has 0 aromatic heterocycles. The highest BCUT2D eigenvalue weighted by Crippen LogP contribution is 2.40. The first-order chi connectivity index (χ1) is 12.2. The Balaban J connectivity index is 2.46. The smallest absolute Gasteiger partial charge is 0.328 e. The first-order valence-corrected chi connectivity index (χ1v) is 9.09. The van der Waals surface area contributed by atoms with Gasteiger partial charge in [-0.2, -0.15) is 0 Å². The van der Waals surface area contributed by atoms with Gasteiger partial charge in [-0.3, -0.25) is 14.5 Å². The Morgan fingerprint density at radius 2 is 1.92 bits per heavy atom. The van der Waals surface area contributed by atoms with E-state index in [1.165, 1.54) is 4.90 Å². The molecule has 0 aliphatic carbocycles. The van der Waals surface area contributed by atoms with Gasteiger partial charge in [-0.25, -0.2) is 4.79 Å². The molecule has 1 amide bonds. The van der Waals surface area contributed by atoms with Gasteiger partial charge >= 0.3 is 5.97 Å². The van der Waals surface area contributed by atoms with E-state index in [0.717, 1.165) is 6.42 Å². The maximum Gasteiger partial charge on any atom is 0.328 e. The molecular weight excluding hydrogens is 334 g/mol. The molecule has 6 heteroatoms. The minimum absolute atomic E-state index is 0.00579. The zero-order valence-corrected chi connectivity index (χ0v) is 16.1. The zero-order valence-electron chi connectivity index (χ0n) is 16.1. The number of ketones is 1. The number of fused-ring (bicyclic) bond motifs is 1. The number of carbonyl (C=O) groups is 3. The van der Waals surface area contributed by atoms with Crippen LogP contribution in [0.4, 0.5) is 5.69 Å². The summed E-state index contributed by atoms with van der Waals surface area (Å²) in [6.45, 7) is 9.08. The van der Waals surface area contributed by atoms with Crippen LogP contribution in [0.15, 0.2) is 18.2 Å². The summed E-state index contributed by atoms with van der Waals surface area (Å²) >= 11 is 0. The predicted molar refractivity (Wildman–Crippen MR) is 98.6 cm³/mol. The lowest BCUT2D eigenvalue weighted by Crippen LogP contribution is -2.57. The fourth-order valence-electron chi connectivity index (χ4n) is 2.87. The van der Waals surface area contributed by atoms with Crippen molar-refractivity contribution in [3.8, 4) is 5.75 Å². The van der Waals surface area contributed by atoms with Gasteiger partial charge in [0.15, 0.2) is 11.4 Å². The fourth-order valence-corrected chi connectivity index (χ4v) is 2.87. The maximum absolute atomic E-state index is 12.9. The van der Waals surface area contributed by atoms with Crippen molar-refractivity contribution in [2.24, 2.45) is 0 Å². The van der Waals surface area contributed by atoms with Gasteiger partial charge < -0.3 is 9.47 Å². The van der Waals surface area contributed by atoms with Gasteiger partial charge in [-0.05, 0) is 51.8 Å². The zero-order chi connectivity index (χ0) is 19.5. The van der Waals surface area contributed by atoms with E-state index >= 15 is 0 Å². The molecule has 1 heterocycles. The van der Waals surface area contributed by atoms with Crippen LogP contribution in [0.2, 0.25) is 0 Å². The largest absolute Gasteiger partial charge is 0.476 e. The highest BCUT2D eigenvalue weighted by atomic mass is 16.5. The van der Waals surface area contributed by atoms with Crippen LogP contribution in [0.25, 0.3) is 0 Å². The van der Waals surface area contributed by atoms with E-state index in [0.29, 0.717) is 36.4 Å². The van der Waals surface area contributed by atoms with Gasteiger partial charge in [-0.1, -0.05) is 13.8 Å². The van der Waals surface area contributed by atoms with Crippen molar-refractivity contribution >= 4 is 23.3 Å². The lowest BCUT2D eigenvalue weighted by atomic mass is 9.99. The van der Waals surface area contributed by atoms with Crippen LogP contribution in [0.5, 0.6) is 5.75 Å². The van der Waals surface area contributed by atoms with Crippen LogP contribution >= 0.6 is 0 Å². The molecule has 1 unspecified atom stereocenters. The van der Waals surface area contributed by atoms with Crippen molar-refractivity contribution in [2.45, 2.75) is 65.5 Å². The molecule has 2 rings (SSSR count). The summed E-state index contributed by atoms with van der Waals surface area (Å²) < 4.78 is 11.0. The Labute approximate surface area is 154 Å². The Bertz CT molecular complexity index is 710. The third-order valence-corrected chi connectivity index (χ3v) is 4.29. The molecule has 0 radical (unpaired) electrons. The molecule has 0 bridgehead atoms. The molecule has 142 valence electrons. The van der Waals surface area contributed by atoms with Crippen LogP contribution in [0.1, 0.15) is 64.2 Å². The molecule has 0 fully saturated rings. The Kier molecular flexibility index (Phi) is 6.05. The van der Waals surface area contributed by atoms with Crippen LogP contribution in [0, 0.1) is 0 Å². The highest BCUT2D eigenvalue weighted by Gasteiger charge is 2.44. The Hall–Kier alpha value is -2.37. The van der Waals surface area contributed by atoms with Crippen molar-refractivity contribution in [1.29, 1.82) is 0 Å². The number of amides is 1. The summed E-state index contributed by atoms with van der Waals surface area (Å²) in [6.07, 6.45) is 1.86. The molecule has 0 saturated heterocycles. The standard InChI is InChI=1S/C20H27NO5/c1-6-8-16(22)14-9-10-17-15(12-14)21(19(24)20(4,5)26-17)13(3)18(23)25-11-7-2/h9-10,12-13H,6-8,11H2,1-5H3. The van der Waals surface area contributed by atoms with Crippen LogP contribution in [-0.4, -0.2) is 35.9 Å². The van der Waals surface area contributed by atoms with Crippen molar-refractivity contribution in [3.63, 3.8) is 0 Å². The second kappa shape index (κ2) is 7.89. The normalized spacial score (nSPS) is 16.5. The number of nitrogens with zero attached hydrogens (tertiary/aromatic N) is 1. The average molecular weight is 361 g/mol. The van der Waals surface area contributed by atoms with E-state index in [-0.39, 0.29) is 11.7 Å². The molecule has 0 N–H and O–H groups in total. The first-order valence-electron chi connectivity index (χ1n) is 9.09. The van der Waals surface area contributed by atoms with Crippen molar-refractivity contribution < 1.29 is 23.9 Å². The minimum atomic E-state index is -1.11. The number of anilines is 1. The second-order valence-electron chi connectivity index (χ2n) is 6.99. The molecule has 1 aromatic carbocycles. The van der Waals surface area contributed by atoms with E-state index in [1.807, 2.05) is 13.8 Å². The van der Waals surface area contributed by atoms with Gasteiger partial charge in [0.2, 0.25) is 0 Å². The molecular formula is C20H27NO5. The number of benzene rings is 1. The van der Waals surface area contributed by atoms with E-state index in [1.54, 1.807) is 39.0 Å². The van der Waals surface area contributed by atoms with Gasteiger partial charge in [0, 0.05) is 12.0 Å².